The molecule has 0 atom stereocenters. The minimum Gasteiger partial charge on any atom is -0.456 e. The molecule has 1 fully saturated rings. The molecule has 1 aliphatic rings. The number of aromatic nitrogens is 3. The van der Waals surface area contributed by atoms with Gasteiger partial charge in [0.15, 0.2) is 11.7 Å². The van der Waals surface area contributed by atoms with Gasteiger partial charge in [-0.15, -0.1) is 0 Å². The molecule has 162 valence electrons. The summed E-state index contributed by atoms with van der Waals surface area (Å²) in [6.45, 7) is 3.42. The second kappa shape index (κ2) is 7.84. The van der Waals surface area contributed by atoms with Crippen molar-refractivity contribution < 1.29 is 18.7 Å². The van der Waals surface area contributed by atoms with Crippen molar-refractivity contribution in [2.45, 2.75) is 26.7 Å². The molecular formula is C23H21N5O4. The summed E-state index contributed by atoms with van der Waals surface area (Å²) in [5.74, 6) is 2.03. The van der Waals surface area contributed by atoms with Crippen LogP contribution in [0.1, 0.15) is 35.0 Å². The van der Waals surface area contributed by atoms with Gasteiger partial charge in [0.1, 0.15) is 17.1 Å². The van der Waals surface area contributed by atoms with Gasteiger partial charge in [-0.25, -0.2) is 9.97 Å². The van der Waals surface area contributed by atoms with Crippen LogP contribution in [-0.2, 0) is 4.79 Å². The van der Waals surface area contributed by atoms with E-state index in [0.717, 1.165) is 12.8 Å². The number of hydrogen-bond donors (Lipinski definition) is 2. The number of aryl methyl sites for hydroxylation is 2. The van der Waals surface area contributed by atoms with Crippen LogP contribution in [0.4, 0.5) is 11.5 Å². The molecular weight excluding hydrogens is 410 g/mol. The minimum atomic E-state index is -0.374. The van der Waals surface area contributed by atoms with E-state index >= 15 is 0 Å². The van der Waals surface area contributed by atoms with Crippen molar-refractivity contribution in [2.75, 3.05) is 10.6 Å². The van der Waals surface area contributed by atoms with Gasteiger partial charge in [0.2, 0.25) is 11.7 Å². The second-order valence-electron chi connectivity index (χ2n) is 7.75. The van der Waals surface area contributed by atoms with Crippen molar-refractivity contribution >= 4 is 29.0 Å². The second-order valence-corrected chi connectivity index (χ2v) is 7.75. The number of benzene rings is 1. The van der Waals surface area contributed by atoms with Gasteiger partial charge in [0, 0.05) is 24.6 Å². The molecule has 3 aromatic heterocycles. The Labute approximate surface area is 183 Å². The standard InChI is InChI=1S/C23H21N5O4/c1-13-21(31-14(2)24-13)23(30)25-16-4-3-5-17(10-16)32-18-8-9-20-26-19(12-28(20)11-18)27-22(29)15-6-7-15/h3-5,8-12,15H,6-7H2,1-2H3,(H,25,30)(H,27,29). The molecule has 0 radical (unpaired) electrons. The quantitative estimate of drug-likeness (QED) is 0.470. The molecule has 9 heteroatoms. The van der Waals surface area contributed by atoms with Gasteiger partial charge in [0.05, 0.1) is 18.1 Å². The highest BCUT2D eigenvalue weighted by atomic mass is 16.5. The highest BCUT2D eigenvalue weighted by Crippen LogP contribution is 2.30. The zero-order chi connectivity index (χ0) is 22.2. The molecule has 0 spiro atoms. The number of carbonyl (C=O) groups excluding carboxylic acids is 2. The van der Waals surface area contributed by atoms with Crippen molar-refractivity contribution in [1.29, 1.82) is 0 Å². The average molecular weight is 431 g/mol. The number of imidazole rings is 1. The fraction of sp³-hybridized carbons (Fsp3) is 0.217. The zero-order valence-corrected chi connectivity index (χ0v) is 17.6. The van der Waals surface area contributed by atoms with Crippen molar-refractivity contribution in [2.24, 2.45) is 5.92 Å². The van der Waals surface area contributed by atoms with Crippen LogP contribution in [0.3, 0.4) is 0 Å². The molecule has 5 rings (SSSR count). The SMILES string of the molecule is Cc1nc(C)c(C(=O)Nc2cccc(Oc3ccc4nc(NC(=O)C5CC5)cn4c3)c2)o1. The number of amides is 2. The monoisotopic (exact) mass is 431 g/mol. The first-order chi connectivity index (χ1) is 15.4. The Kier molecular flexibility index (Phi) is 4.85. The van der Waals surface area contributed by atoms with E-state index in [2.05, 4.69) is 20.6 Å². The normalized spacial score (nSPS) is 13.2. The highest BCUT2D eigenvalue weighted by molar-refractivity contribution is 6.03. The van der Waals surface area contributed by atoms with Gasteiger partial charge >= 0.3 is 0 Å². The molecule has 0 bridgehead atoms. The minimum absolute atomic E-state index is 0.0134. The summed E-state index contributed by atoms with van der Waals surface area (Å²) in [5, 5.41) is 5.64. The first kappa shape index (κ1) is 19.8. The summed E-state index contributed by atoms with van der Waals surface area (Å²) in [7, 11) is 0. The summed E-state index contributed by atoms with van der Waals surface area (Å²) in [4.78, 5) is 32.9. The molecule has 4 aromatic rings. The Bertz CT molecular complexity index is 1340. The van der Waals surface area contributed by atoms with Gasteiger partial charge in [-0.1, -0.05) is 6.07 Å². The largest absolute Gasteiger partial charge is 0.456 e. The van der Waals surface area contributed by atoms with Crippen LogP contribution in [0, 0.1) is 19.8 Å². The molecule has 0 saturated heterocycles. The molecule has 1 aliphatic carbocycles. The Morgan fingerprint density at radius 2 is 1.91 bits per heavy atom. The number of rotatable bonds is 6. The molecule has 0 unspecified atom stereocenters. The number of anilines is 2. The number of pyridine rings is 1. The Morgan fingerprint density at radius 1 is 1.06 bits per heavy atom. The van der Waals surface area contributed by atoms with E-state index in [1.807, 2.05) is 6.07 Å². The van der Waals surface area contributed by atoms with Crippen LogP contribution in [0.25, 0.3) is 5.65 Å². The van der Waals surface area contributed by atoms with Gasteiger partial charge in [0.25, 0.3) is 5.91 Å². The number of ether oxygens (including phenoxy) is 1. The molecule has 1 saturated carbocycles. The first-order valence-electron chi connectivity index (χ1n) is 10.3. The van der Waals surface area contributed by atoms with Crippen LogP contribution in [-0.4, -0.2) is 26.2 Å². The zero-order valence-electron chi connectivity index (χ0n) is 17.6. The summed E-state index contributed by atoms with van der Waals surface area (Å²) in [6, 6.07) is 10.7. The van der Waals surface area contributed by atoms with Crippen LogP contribution >= 0.6 is 0 Å². The molecule has 32 heavy (non-hydrogen) atoms. The van der Waals surface area contributed by atoms with E-state index in [1.54, 1.807) is 61.0 Å². The van der Waals surface area contributed by atoms with Gasteiger partial charge in [-0.3, -0.25) is 9.59 Å². The predicted octanol–water partition coefficient (Wildman–Crippen LogP) is 4.33. The summed E-state index contributed by atoms with van der Waals surface area (Å²) >= 11 is 0. The maximum Gasteiger partial charge on any atom is 0.293 e. The van der Waals surface area contributed by atoms with Crippen LogP contribution in [0.15, 0.2) is 53.2 Å². The van der Waals surface area contributed by atoms with E-state index in [4.69, 9.17) is 9.15 Å². The smallest absolute Gasteiger partial charge is 0.293 e. The number of hydrogen-bond acceptors (Lipinski definition) is 6. The van der Waals surface area contributed by atoms with Gasteiger partial charge in [-0.05, 0) is 44.0 Å². The fourth-order valence-electron chi connectivity index (χ4n) is 3.37. The molecule has 2 N–H and O–H groups in total. The maximum absolute atomic E-state index is 12.5. The number of nitrogens with zero attached hydrogens (tertiary/aromatic N) is 3. The molecule has 9 nitrogen and oxygen atoms in total. The van der Waals surface area contributed by atoms with E-state index in [1.165, 1.54) is 0 Å². The molecule has 2 amide bonds. The van der Waals surface area contributed by atoms with E-state index in [0.29, 0.717) is 40.2 Å². The molecule has 1 aromatic carbocycles. The van der Waals surface area contributed by atoms with Crippen LogP contribution < -0.4 is 15.4 Å². The Hall–Kier alpha value is -4.14. The lowest BCUT2D eigenvalue weighted by molar-refractivity contribution is -0.117. The Balaban J connectivity index is 1.29. The summed E-state index contributed by atoms with van der Waals surface area (Å²) in [6.07, 6.45) is 5.41. The third-order valence-electron chi connectivity index (χ3n) is 5.06. The average Bonchev–Trinajstić information content (AvgIpc) is 3.44. The number of carbonyl (C=O) groups is 2. The van der Waals surface area contributed by atoms with Crippen molar-refractivity contribution in [3.05, 3.63) is 66.1 Å². The third-order valence-corrected chi connectivity index (χ3v) is 5.06. The van der Waals surface area contributed by atoms with Crippen molar-refractivity contribution in [3.8, 4) is 11.5 Å². The molecule has 3 heterocycles. The first-order valence-corrected chi connectivity index (χ1v) is 10.3. The predicted molar refractivity (Wildman–Crippen MR) is 117 cm³/mol. The third kappa shape index (κ3) is 4.18. The number of fused-ring (bicyclic) bond motifs is 1. The van der Waals surface area contributed by atoms with E-state index in [9.17, 15) is 9.59 Å². The lowest BCUT2D eigenvalue weighted by Gasteiger charge is -2.09. The Morgan fingerprint density at radius 3 is 2.66 bits per heavy atom. The van der Waals surface area contributed by atoms with E-state index < -0.39 is 0 Å². The van der Waals surface area contributed by atoms with Gasteiger partial charge in [-0.2, -0.15) is 0 Å². The van der Waals surface area contributed by atoms with Crippen molar-refractivity contribution in [1.82, 2.24) is 14.4 Å². The topological polar surface area (TPSA) is 111 Å². The van der Waals surface area contributed by atoms with E-state index in [-0.39, 0.29) is 23.5 Å². The molecule has 0 aliphatic heterocycles. The van der Waals surface area contributed by atoms with Crippen LogP contribution in [0.2, 0.25) is 0 Å². The van der Waals surface area contributed by atoms with Gasteiger partial charge < -0.3 is 24.2 Å². The summed E-state index contributed by atoms with van der Waals surface area (Å²) < 4.78 is 13.1. The van der Waals surface area contributed by atoms with Crippen molar-refractivity contribution in [3.63, 3.8) is 0 Å². The lowest BCUT2D eigenvalue weighted by atomic mass is 10.2. The lowest BCUT2D eigenvalue weighted by Crippen LogP contribution is -2.13. The number of nitrogens with one attached hydrogen (secondary N) is 2. The maximum atomic E-state index is 12.5. The highest BCUT2D eigenvalue weighted by Gasteiger charge is 2.30. The number of oxazole rings is 1. The summed E-state index contributed by atoms with van der Waals surface area (Å²) in [5.41, 5.74) is 1.80. The van der Waals surface area contributed by atoms with Crippen LogP contribution in [0.5, 0.6) is 11.5 Å². The fourth-order valence-corrected chi connectivity index (χ4v) is 3.37.